The molecule has 3 aromatic rings. The Balaban J connectivity index is 1.49. The second-order valence-electron chi connectivity index (χ2n) is 6.61. The van der Waals surface area contributed by atoms with E-state index in [1.54, 1.807) is 0 Å². The molecule has 0 amide bonds. The largest absolute Gasteiger partial charge is 0.390 e. The third-order valence-corrected chi connectivity index (χ3v) is 4.81. The molecule has 0 spiro atoms. The first kappa shape index (κ1) is 16.0. The lowest BCUT2D eigenvalue weighted by molar-refractivity contribution is 0.0917. The van der Waals surface area contributed by atoms with E-state index < -0.39 is 6.10 Å². The van der Waals surface area contributed by atoms with Crippen LogP contribution < -0.4 is 5.56 Å². The van der Waals surface area contributed by atoms with Crippen LogP contribution in [-0.2, 0) is 19.5 Å². The molecule has 1 aliphatic heterocycles. The van der Waals surface area contributed by atoms with Crippen molar-refractivity contribution in [2.45, 2.75) is 32.5 Å². The van der Waals surface area contributed by atoms with Crippen LogP contribution in [0, 0.1) is 6.92 Å². The van der Waals surface area contributed by atoms with Crippen molar-refractivity contribution >= 4 is 5.78 Å². The number of nitrogens with zero attached hydrogens (tertiary/aromatic N) is 5. The molecule has 2 aromatic heterocycles. The smallest absolute Gasteiger partial charge is 0.275 e. The Labute approximate surface area is 145 Å². The summed E-state index contributed by atoms with van der Waals surface area (Å²) in [6.45, 7) is 4.61. The lowest BCUT2D eigenvalue weighted by Crippen LogP contribution is -2.38. The van der Waals surface area contributed by atoms with E-state index in [-0.39, 0.29) is 5.56 Å². The van der Waals surface area contributed by atoms with Crippen molar-refractivity contribution < 1.29 is 5.11 Å². The van der Waals surface area contributed by atoms with Crippen LogP contribution in [0.1, 0.15) is 16.8 Å². The van der Waals surface area contributed by atoms with E-state index in [2.05, 4.69) is 39.2 Å². The molecular weight excluding hydrogens is 318 g/mol. The summed E-state index contributed by atoms with van der Waals surface area (Å²) < 4.78 is 3.10. The number of benzene rings is 1. The van der Waals surface area contributed by atoms with Crippen molar-refractivity contribution in [2.24, 2.45) is 0 Å². The summed E-state index contributed by atoms with van der Waals surface area (Å²) in [5.41, 5.74) is 3.30. The van der Waals surface area contributed by atoms with Gasteiger partial charge in [0.1, 0.15) is 6.33 Å². The lowest BCUT2D eigenvalue weighted by atomic mass is 10.00. The molecule has 0 aliphatic carbocycles. The van der Waals surface area contributed by atoms with Crippen LogP contribution >= 0.6 is 0 Å². The highest BCUT2D eigenvalue weighted by Gasteiger charge is 2.19. The van der Waals surface area contributed by atoms with Gasteiger partial charge in [0.05, 0.1) is 12.6 Å². The van der Waals surface area contributed by atoms with Crippen LogP contribution in [0.15, 0.2) is 41.5 Å². The first-order chi connectivity index (χ1) is 12.1. The highest BCUT2D eigenvalue weighted by molar-refractivity contribution is 5.30. The summed E-state index contributed by atoms with van der Waals surface area (Å²) in [6, 6.07) is 9.98. The monoisotopic (exact) mass is 339 g/mol. The van der Waals surface area contributed by atoms with Gasteiger partial charge in [-0.05, 0) is 24.5 Å². The zero-order valence-corrected chi connectivity index (χ0v) is 14.2. The fourth-order valence-corrected chi connectivity index (χ4v) is 3.55. The maximum atomic E-state index is 11.9. The van der Waals surface area contributed by atoms with Crippen LogP contribution in [0.4, 0.5) is 0 Å². The van der Waals surface area contributed by atoms with Crippen molar-refractivity contribution in [3.8, 4) is 0 Å². The van der Waals surface area contributed by atoms with Crippen molar-refractivity contribution in [1.29, 1.82) is 0 Å². The molecule has 0 saturated heterocycles. The fourth-order valence-electron chi connectivity index (χ4n) is 3.55. The zero-order chi connectivity index (χ0) is 17.4. The Hall–Kier alpha value is -2.51. The maximum Gasteiger partial charge on any atom is 0.275 e. The van der Waals surface area contributed by atoms with E-state index in [0.29, 0.717) is 18.9 Å². The first-order valence-electron chi connectivity index (χ1n) is 8.49. The van der Waals surface area contributed by atoms with E-state index in [1.807, 2.05) is 11.5 Å². The van der Waals surface area contributed by atoms with Gasteiger partial charge >= 0.3 is 0 Å². The average molecular weight is 339 g/mol. The molecule has 0 saturated carbocycles. The molecule has 4 rings (SSSR count). The molecule has 1 N–H and O–H groups in total. The van der Waals surface area contributed by atoms with Crippen LogP contribution in [0.3, 0.4) is 0 Å². The predicted molar refractivity (Wildman–Crippen MR) is 93.4 cm³/mol. The molecule has 1 aromatic carbocycles. The lowest BCUT2D eigenvalue weighted by Gasteiger charge is -2.30. The van der Waals surface area contributed by atoms with Crippen molar-refractivity contribution in [3.63, 3.8) is 0 Å². The molecule has 1 atom stereocenters. The number of aliphatic hydroxyl groups excluding tert-OH is 1. The second-order valence-corrected chi connectivity index (χ2v) is 6.61. The van der Waals surface area contributed by atoms with Gasteiger partial charge < -0.3 is 9.67 Å². The minimum absolute atomic E-state index is 0.205. The van der Waals surface area contributed by atoms with Gasteiger partial charge in [-0.3, -0.25) is 9.69 Å². The van der Waals surface area contributed by atoms with Crippen molar-refractivity contribution in [2.75, 3.05) is 13.1 Å². The van der Waals surface area contributed by atoms with Gasteiger partial charge in [-0.15, -0.1) is 0 Å². The minimum atomic E-state index is -0.549. The molecule has 0 radical (unpaired) electrons. The van der Waals surface area contributed by atoms with E-state index >= 15 is 0 Å². The van der Waals surface area contributed by atoms with Gasteiger partial charge in [0, 0.05) is 31.4 Å². The highest BCUT2D eigenvalue weighted by Crippen LogP contribution is 2.18. The Morgan fingerprint density at radius 2 is 2.04 bits per heavy atom. The summed E-state index contributed by atoms with van der Waals surface area (Å²) in [4.78, 5) is 18.3. The van der Waals surface area contributed by atoms with E-state index in [4.69, 9.17) is 0 Å². The average Bonchev–Trinajstić information content (AvgIpc) is 3.09. The zero-order valence-electron chi connectivity index (χ0n) is 14.2. The van der Waals surface area contributed by atoms with Crippen LogP contribution in [0.5, 0.6) is 0 Å². The number of fused-ring (bicyclic) bond motifs is 2. The summed E-state index contributed by atoms with van der Waals surface area (Å²) in [5.74, 6) is 0.466. The topological polar surface area (TPSA) is 75.7 Å². The summed E-state index contributed by atoms with van der Waals surface area (Å²) in [7, 11) is 0. The van der Waals surface area contributed by atoms with Gasteiger partial charge in [0.25, 0.3) is 5.56 Å². The van der Waals surface area contributed by atoms with Crippen molar-refractivity contribution in [1.82, 2.24) is 24.1 Å². The number of aromatic nitrogens is 4. The molecule has 1 unspecified atom stereocenters. The van der Waals surface area contributed by atoms with E-state index in [9.17, 15) is 9.90 Å². The molecule has 7 nitrogen and oxygen atoms in total. The third kappa shape index (κ3) is 3.08. The van der Waals surface area contributed by atoms with Crippen LogP contribution in [0.2, 0.25) is 0 Å². The molecule has 0 fully saturated rings. The number of β-amino-alcohol motifs (C(OH)–C–C–N with tert-alkyl or cyclic N) is 1. The quantitative estimate of drug-likeness (QED) is 0.754. The molecule has 130 valence electrons. The summed E-state index contributed by atoms with van der Waals surface area (Å²) in [6.07, 6.45) is 1.82. The van der Waals surface area contributed by atoms with Crippen LogP contribution in [-0.4, -0.2) is 48.4 Å². The predicted octanol–water partition coefficient (Wildman–Crippen LogP) is 0.619. The van der Waals surface area contributed by atoms with Gasteiger partial charge in [-0.2, -0.15) is 14.6 Å². The number of aliphatic hydroxyl groups is 1. The first-order valence-corrected chi connectivity index (χ1v) is 8.49. The van der Waals surface area contributed by atoms with Gasteiger partial charge in [-0.1, -0.05) is 24.3 Å². The fraction of sp³-hybridized carbons (Fsp3) is 0.389. The van der Waals surface area contributed by atoms with Gasteiger partial charge in [0.2, 0.25) is 5.78 Å². The SMILES string of the molecule is Cc1cc(=O)n2ncnc2n1CC(O)CN1CCc2ccccc2C1. The molecule has 7 heteroatoms. The summed E-state index contributed by atoms with van der Waals surface area (Å²) in [5, 5.41) is 14.5. The normalized spacial score (nSPS) is 16.1. The Morgan fingerprint density at radius 1 is 1.24 bits per heavy atom. The number of hydrogen-bond donors (Lipinski definition) is 1. The number of aryl methyl sites for hydroxylation is 1. The van der Waals surface area contributed by atoms with E-state index in [0.717, 1.165) is 25.2 Å². The Bertz CT molecular complexity index is 961. The summed E-state index contributed by atoms with van der Waals surface area (Å²) >= 11 is 0. The molecule has 3 heterocycles. The minimum Gasteiger partial charge on any atom is -0.390 e. The molecule has 1 aliphatic rings. The standard InChI is InChI=1S/C18H21N5O2/c1-13-8-17(25)23-18(19-12-20-23)22(13)11-16(24)10-21-7-6-14-4-2-3-5-15(14)9-21/h2-5,8,12,16,24H,6-7,9-11H2,1H3. The van der Waals surface area contributed by atoms with Crippen LogP contribution in [0.25, 0.3) is 5.78 Å². The third-order valence-electron chi connectivity index (χ3n) is 4.81. The number of rotatable bonds is 4. The second kappa shape index (κ2) is 6.42. The Morgan fingerprint density at radius 3 is 2.88 bits per heavy atom. The Kier molecular flexibility index (Phi) is 4.10. The maximum absolute atomic E-state index is 11.9. The number of hydrogen-bond acceptors (Lipinski definition) is 5. The van der Waals surface area contributed by atoms with Crippen molar-refractivity contribution in [3.05, 3.63) is 63.8 Å². The molecular formula is C18H21N5O2. The van der Waals surface area contributed by atoms with E-state index in [1.165, 1.54) is 28.0 Å². The molecule has 25 heavy (non-hydrogen) atoms. The molecule has 0 bridgehead atoms. The highest BCUT2D eigenvalue weighted by atomic mass is 16.3. The van der Waals surface area contributed by atoms with Gasteiger partial charge in [0.15, 0.2) is 0 Å². The van der Waals surface area contributed by atoms with Gasteiger partial charge in [-0.25, -0.2) is 0 Å².